The Morgan fingerprint density at radius 3 is 2.95 bits per heavy atom. The van der Waals surface area contributed by atoms with Crippen molar-refractivity contribution in [1.82, 2.24) is 5.32 Å². The minimum absolute atomic E-state index is 0.0130. The molecule has 3 rings (SSSR count). The quantitative estimate of drug-likeness (QED) is 0.816. The van der Waals surface area contributed by atoms with Gasteiger partial charge in [-0.1, -0.05) is 13.8 Å². The van der Waals surface area contributed by atoms with Crippen molar-refractivity contribution in [3.8, 4) is 0 Å². The first-order valence-corrected chi connectivity index (χ1v) is 6.90. The van der Waals surface area contributed by atoms with E-state index in [1.165, 1.54) is 12.1 Å². The molecule has 2 aliphatic rings. The minimum atomic E-state index is -0.607. The summed E-state index contributed by atoms with van der Waals surface area (Å²) < 4.78 is 13.6. The molecule has 102 valence electrons. The lowest BCUT2D eigenvalue weighted by molar-refractivity contribution is -0.123. The van der Waals surface area contributed by atoms with Crippen LogP contribution >= 0.6 is 0 Å². The van der Waals surface area contributed by atoms with Gasteiger partial charge in [0.05, 0.1) is 5.41 Å². The Bertz CT molecular complexity index is 529. The maximum Gasteiger partial charge on any atom is 0.236 e. The number of hydrogen-bond acceptors (Lipinski definition) is 2. The average Bonchev–Trinajstić information content (AvgIpc) is 2.64. The lowest BCUT2D eigenvalue weighted by atomic mass is 9.66. The van der Waals surface area contributed by atoms with E-state index in [1.54, 1.807) is 6.07 Å². The summed E-state index contributed by atoms with van der Waals surface area (Å²) in [6.45, 7) is 5.13. The van der Waals surface area contributed by atoms with Gasteiger partial charge in [0.15, 0.2) is 0 Å². The molecule has 0 aromatic heterocycles. The maximum atomic E-state index is 13.6. The van der Waals surface area contributed by atoms with Crippen LogP contribution in [0.5, 0.6) is 0 Å². The number of carbonyl (C=O) groups is 1. The SMILES string of the molecule is CC(C)[C@H]1NCCC[C@]12C(=O)Nc1ccc(F)cc12. The molecule has 0 bridgehead atoms. The Morgan fingerprint density at radius 1 is 1.42 bits per heavy atom. The molecule has 1 saturated heterocycles. The van der Waals surface area contributed by atoms with Crippen LogP contribution in [0.3, 0.4) is 0 Å². The zero-order valence-electron chi connectivity index (χ0n) is 11.3. The molecule has 0 radical (unpaired) electrons. The molecule has 0 aliphatic carbocycles. The molecular formula is C15H19FN2O. The van der Waals surface area contributed by atoms with Gasteiger partial charge in [-0.25, -0.2) is 4.39 Å². The second-order valence-electron chi connectivity index (χ2n) is 5.89. The van der Waals surface area contributed by atoms with Crippen LogP contribution in [0.25, 0.3) is 0 Å². The molecule has 2 aliphatic heterocycles. The number of rotatable bonds is 1. The van der Waals surface area contributed by atoms with E-state index < -0.39 is 5.41 Å². The highest BCUT2D eigenvalue weighted by atomic mass is 19.1. The molecule has 1 amide bonds. The summed E-state index contributed by atoms with van der Waals surface area (Å²) >= 11 is 0. The van der Waals surface area contributed by atoms with Gasteiger partial charge in [0.2, 0.25) is 5.91 Å². The van der Waals surface area contributed by atoms with Crippen LogP contribution in [0, 0.1) is 11.7 Å². The van der Waals surface area contributed by atoms with Gasteiger partial charge in [-0.05, 0) is 49.1 Å². The van der Waals surface area contributed by atoms with Crippen molar-refractivity contribution < 1.29 is 9.18 Å². The predicted octanol–water partition coefficient (Wildman–Crippen LogP) is 2.42. The van der Waals surface area contributed by atoms with Crippen LogP contribution in [-0.4, -0.2) is 18.5 Å². The number of nitrogens with one attached hydrogen (secondary N) is 2. The number of amides is 1. The summed E-state index contributed by atoms with van der Waals surface area (Å²) in [7, 11) is 0. The van der Waals surface area contributed by atoms with Crippen LogP contribution in [0.15, 0.2) is 18.2 Å². The zero-order valence-corrected chi connectivity index (χ0v) is 11.3. The topological polar surface area (TPSA) is 41.1 Å². The van der Waals surface area contributed by atoms with Crippen LogP contribution in [0.4, 0.5) is 10.1 Å². The summed E-state index contributed by atoms with van der Waals surface area (Å²) in [5.74, 6) is 0.0574. The largest absolute Gasteiger partial charge is 0.325 e. The Labute approximate surface area is 112 Å². The van der Waals surface area contributed by atoms with Gasteiger partial charge < -0.3 is 10.6 Å². The molecule has 2 atom stereocenters. The second kappa shape index (κ2) is 4.30. The van der Waals surface area contributed by atoms with Gasteiger partial charge in [-0.2, -0.15) is 0 Å². The van der Waals surface area contributed by atoms with E-state index in [9.17, 15) is 9.18 Å². The standard InChI is InChI=1S/C15H19FN2O/c1-9(2)13-15(6-3-7-17-13)11-8-10(16)4-5-12(11)18-14(15)19/h4-5,8-9,13,17H,3,6-7H2,1-2H3,(H,18,19)/t13-,15-/m1/s1. The Balaban J connectivity index is 2.17. The van der Waals surface area contributed by atoms with E-state index in [1.807, 2.05) is 0 Å². The first-order valence-electron chi connectivity index (χ1n) is 6.90. The van der Waals surface area contributed by atoms with Crippen molar-refractivity contribution in [1.29, 1.82) is 0 Å². The lowest BCUT2D eigenvalue weighted by Gasteiger charge is -2.42. The normalized spacial score (nSPS) is 29.7. The van der Waals surface area contributed by atoms with Crippen LogP contribution in [0.1, 0.15) is 32.3 Å². The fraction of sp³-hybridized carbons (Fsp3) is 0.533. The molecule has 19 heavy (non-hydrogen) atoms. The van der Waals surface area contributed by atoms with Gasteiger partial charge in [0.1, 0.15) is 5.82 Å². The van der Waals surface area contributed by atoms with Gasteiger partial charge in [-0.15, -0.1) is 0 Å². The molecule has 1 spiro atoms. The number of hydrogen-bond donors (Lipinski definition) is 2. The third-order valence-electron chi connectivity index (χ3n) is 4.43. The highest BCUT2D eigenvalue weighted by Crippen LogP contribution is 2.46. The minimum Gasteiger partial charge on any atom is -0.325 e. The highest BCUT2D eigenvalue weighted by molar-refractivity contribution is 6.07. The number of piperidine rings is 1. The number of carbonyl (C=O) groups excluding carboxylic acids is 1. The van der Waals surface area contributed by atoms with Crippen molar-refractivity contribution in [2.24, 2.45) is 5.92 Å². The average molecular weight is 262 g/mol. The van der Waals surface area contributed by atoms with Crippen LogP contribution in [-0.2, 0) is 10.2 Å². The zero-order chi connectivity index (χ0) is 13.6. The summed E-state index contributed by atoms with van der Waals surface area (Å²) in [6.07, 6.45) is 1.72. The third-order valence-corrected chi connectivity index (χ3v) is 4.43. The fourth-order valence-corrected chi connectivity index (χ4v) is 3.67. The second-order valence-corrected chi connectivity index (χ2v) is 5.89. The molecular weight excluding hydrogens is 243 g/mol. The smallest absolute Gasteiger partial charge is 0.236 e. The van der Waals surface area contributed by atoms with E-state index in [2.05, 4.69) is 24.5 Å². The summed E-state index contributed by atoms with van der Waals surface area (Å²) in [5, 5.41) is 6.38. The van der Waals surface area contributed by atoms with Crippen molar-refractivity contribution in [2.45, 2.75) is 38.1 Å². The molecule has 0 unspecified atom stereocenters. The number of fused-ring (bicyclic) bond motifs is 2. The van der Waals surface area contributed by atoms with E-state index in [4.69, 9.17) is 0 Å². The highest BCUT2D eigenvalue weighted by Gasteiger charge is 2.54. The van der Waals surface area contributed by atoms with Gasteiger partial charge >= 0.3 is 0 Å². The van der Waals surface area contributed by atoms with E-state index in [-0.39, 0.29) is 17.8 Å². The summed E-state index contributed by atoms with van der Waals surface area (Å²) in [4.78, 5) is 12.6. The molecule has 2 N–H and O–H groups in total. The van der Waals surface area contributed by atoms with Gasteiger partial charge in [0.25, 0.3) is 0 Å². The van der Waals surface area contributed by atoms with Crippen molar-refractivity contribution in [3.63, 3.8) is 0 Å². The van der Waals surface area contributed by atoms with Gasteiger partial charge in [0, 0.05) is 11.7 Å². The summed E-state index contributed by atoms with van der Waals surface area (Å²) in [6, 6.07) is 4.65. The number of benzene rings is 1. The number of halogens is 1. The van der Waals surface area contributed by atoms with Crippen molar-refractivity contribution in [2.75, 3.05) is 11.9 Å². The maximum absolute atomic E-state index is 13.6. The van der Waals surface area contributed by atoms with Crippen LogP contribution in [0.2, 0.25) is 0 Å². The summed E-state index contributed by atoms with van der Waals surface area (Å²) in [5.41, 5.74) is 0.980. The van der Waals surface area contributed by atoms with Crippen molar-refractivity contribution in [3.05, 3.63) is 29.6 Å². The molecule has 1 fully saturated rings. The molecule has 0 saturated carbocycles. The van der Waals surface area contributed by atoms with E-state index in [0.717, 1.165) is 30.6 Å². The monoisotopic (exact) mass is 262 g/mol. The van der Waals surface area contributed by atoms with E-state index in [0.29, 0.717) is 5.92 Å². The van der Waals surface area contributed by atoms with Gasteiger partial charge in [-0.3, -0.25) is 4.79 Å². The Kier molecular flexibility index (Phi) is 2.86. The fourth-order valence-electron chi connectivity index (χ4n) is 3.67. The molecule has 2 heterocycles. The Morgan fingerprint density at radius 2 is 2.21 bits per heavy atom. The molecule has 1 aromatic rings. The molecule has 3 nitrogen and oxygen atoms in total. The van der Waals surface area contributed by atoms with Crippen LogP contribution < -0.4 is 10.6 Å². The Hall–Kier alpha value is -1.42. The molecule has 4 heteroatoms. The number of anilines is 1. The third kappa shape index (κ3) is 1.70. The molecule has 1 aromatic carbocycles. The lowest BCUT2D eigenvalue weighted by Crippen LogP contribution is -2.58. The first-order chi connectivity index (χ1) is 9.05. The predicted molar refractivity (Wildman–Crippen MR) is 72.6 cm³/mol. The van der Waals surface area contributed by atoms with Crippen molar-refractivity contribution >= 4 is 11.6 Å². The first kappa shape index (κ1) is 12.6. The van der Waals surface area contributed by atoms with E-state index >= 15 is 0 Å².